The number of hydrogen-bond acceptors (Lipinski definition) is 7. The van der Waals surface area contributed by atoms with Crippen LogP contribution in [0.1, 0.15) is 58.1 Å². The fourth-order valence-corrected chi connectivity index (χ4v) is 3.52. The molecule has 9 heteroatoms. The number of benzene rings is 1. The van der Waals surface area contributed by atoms with Crippen LogP contribution in [0.15, 0.2) is 33.9 Å². The van der Waals surface area contributed by atoms with Crippen LogP contribution in [0.3, 0.4) is 0 Å². The summed E-state index contributed by atoms with van der Waals surface area (Å²) in [5.74, 6) is 0.785. The normalized spacial score (nSPS) is 15.7. The quantitative estimate of drug-likeness (QED) is 0.438. The van der Waals surface area contributed by atoms with Crippen LogP contribution in [0.4, 0.5) is 5.95 Å². The van der Waals surface area contributed by atoms with E-state index in [0.717, 1.165) is 35.7 Å². The predicted molar refractivity (Wildman–Crippen MR) is 113 cm³/mol. The van der Waals surface area contributed by atoms with Crippen LogP contribution < -0.4 is 10.1 Å². The standard InChI is InChI=1S/C20H26BrN5O3/c1-4-6-10-28-16-9-8-14(21)12-15(16)18-17(19(27)29-11-7-5-2)13(3)22-20-23-24-25-26(18)20/h8-9,12,18H,4-7,10-11H2,1-3H3,(H,22,23,25). The average Bonchev–Trinajstić information content (AvgIpc) is 3.16. The van der Waals surface area contributed by atoms with Crippen LogP contribution >= 0.6 is 15.9 Å². The number of tetrazole rings is 1. The minimum atomic E-state index is -0.551. The molecule has 29 heavy (non-hydrogen) atoms. The molecule has 1 atom stereocenters. The molecule has 0 radical (unpaired) electrons. The van der Waals surface area contributed by atoms with E-state index < -0.39 is 6.04 Å². The molecule has 0 spiro atoms. The van der Waals surface area contributed by atoms with Gasteiger partial charge in [0, 0.05) is 15.7 Å². The Labute approximate surface area is 178 Å². The summed E-state index contributed by atoms with van der Waals surface area (Å²) in [7, 11) is 0. The molecule has 156 valence electrons. The summed E-state index contributed by atoms with van der Waals surface area (Å²) in [5.41, 5.74) is 1.94. The number of halogens is 1. The van der Waals surface area contributed by atoms with E-state index in [4.69, 9.17) is 9.47 Å². The molecule has 0 amide bonds. The van der Waals surface area contributed by atoms with Gasteiger partial charge in [-0.05, 0) is 48.4 Å². The van der Waals surface area contributed by atoms with Gasteiger partial charge in [-0.15, -0.1) is 0 Å². The molecule has 1 N–H and O–H groups in total. The summed E-state index contributed by atoms with van der Waals surface area (Å²) < 4.78 is 14.0. The Morgan fingerprint density at radius 1 is 1.24 bits per heavy atom. The minimum Gasteiger partial charge on any atom is -0.493 e. The number of carbonyl (C=O) groups is 1. The molecule has 2 heterocycles. The van der Waals surface area contributed by atoms with Gasteiger partial charge in [0.2, 0.25) is 5.95 Å². The van der Waals surface area contributed by atoms with Gasteiger partial charge < -0.3 is 14.8 Å². The van der Waals surface area contributed by atoms with Crippen molar-refractivity contribution in [2.45, 2.75) is 52.5 Å². The smallest absolute Gasteiger partial charge is 0.338 e. The number of nitrogens with one attached hydrogen (secondary N) is 1. The van der Waals surface area contributed by atoms with E-state index in [1.54, 1.807) is 4.68 Å². The van der Waals surface area contributed by atoms with Crippen molar-refractivity contribution in [3.8, 4) is 5.75 Å². The van der Waals surface area contributed by atoms with E-state index in [0.29, 0.717) is 36.2 Å². The Bertz CT molecular complexity index is 896. The van der Waals surface area contributed by atoms with E-state index in [9.17, 15) is 4.79 Å². The Morgan fingerprint density at radius 2 is 2.00 bits per heavy atom. The Morgan fingerprint density at radius 3 is 2.76 bits per heavy atom. The summed E-state index contributed by atoms with van der Waals surface area (Å²) in [6.45, 7) is 6.97. The Balaban J connectivity index is 2.04. The molecule has 3 rings (SSSR count). The largest absolute Gasteiger partial charge is 0.493 e. The maximum Gasteiger partial charge on any atom is 0.338 e. The monoisotopic (exact) mass is 463 g/mol. The van der Waals surface area contributed by atoms with Gasteiger partial charge in [0.25, 0.3) is 0 Å². The Kier molecular flexibility index (Phi) is 7.24. The third kappa shape index (κ3) is 4.77. The van der Waals surface area contributed by atoms with Gasteiger partial charge in [0.05, 0.1) is 18.8 Å². The van der Waals surface area contributed by atoms with E-state index in [1.807, 2.05) is 25.1 Å². The fourth-order valence-electron chi connectivity index (χ4n) is 3.14. The molecule has 0 fully saturated rings. The van der Waals surface area contributed by atoms with Crippen LogP contribution in [0.5, 0.6) is 5.75 Å². The third-order valence-electron chi connectivity index (χ3n) is 4.69. The van der Waals surface area contributed by atoms with Crippen molar-refractivity contribution in [1.82, 2.24) is 20.2 Å². The first kappa shape index (κ1) is 21.3. The molecule has 1 aromatic carbocycles. The van der Waals surface area contributed by atoms with E-state index in [-0.39, 0.29) is 5.97 Å². The molecule has 0 saturated carbocycles. The predicted octanol–water partition coefficient (Wildman–Crippen LogP) is 4.25. The molecule has 1 unspecified atom stereocenters. The van der Waals surface area contributed by atoms with Crippen molar-refractivity contribution in [2.75, 3.05) is 18.5 Å². The van der Waals surface area contributed by atoms with Crippen molar-refractivity contribution in [2.24, 2.45) is 0 Å². The number of aromatic nitrogens is 4. The molecule has 1 aromatic heterocycles. The lowest BCUT2D eigenvalue weighted by molar-refractivity contribution is -0.139. The molecule has 2 aromatic rings. The number of anilines is 1. The van der Waals surface area contributed by atoms with Crippen molar-refractivity contribution in [1.29, 1.82) is 0 Å². The van der Waals surface area contributed by atoms with Gasteiger partial charge in [0.15, 0.2) is 0 Å². The maximum atomic E-state index is 13.0. The number of nitrogens with zero attached hydrogens (tertiary/aromatic N) is 4. The first-order valence-electron chi connectivity index (χ1n) is 9.91. The van der Waals surface area contributed by atoms with Crippen LogP contribution in [0.2, 0.25) is 0 Å². The van der Waals surface area contributed by atoms with E-state index in [1.165, 1.54) is 0 Å². The van der Waals surface area contributed by atoms with Crippen LogP contribution in [0.25, 0.3) is 0 Å². The second-order valence-electron chi connectivity index (χ2n) is 6.89. The summed E-state index contributed by atoms with van der Waals surface area (Å²) in [5, 5.41) is 15.0. The number of rotatable bonds is 9. The van der Waals surface area contributed by atoms with Crippen molar-refractivity contribution >= 4 is 27.8 Å². The number of carbonyl (C=O) groups excluding carboxylic acids is 1. The highest BCUT2D eigenvalue weighted by Crippen LogP contribution is 2.40. The number of fused-ring (bicyclic) bond motifs is 1. The zero-order chi connectivity index (χ0) is 20.8. The molecular formula is C20H26BrN5O3. The molecule has 8 nitrogen and oxygen atoms in total. The highest BCUT2D eigenvalue weighted by Gasteiger charge is 2.36. The minimum absolute atomic E-state index is 0.375. The number of hydrogen-bond donors (Lipinski definition) is 1. The van der Waals surface area contributed by atoms with Crippen LogP contribution in [0, 0.1) is 0 Å². The molecular weight excluding hydrogens is 438 g/mol. The van der Waals surface area contributed by atoms with Gasteiger partial charge in [-0.1, -0.05) is 47.7 Å². The fraction of sp³-hybridized carbons (Fsp3) is 0.500. The lowest BCUT2D eigenvalue weighted by Crippen LogP contribution is -2.30. The van der Waals surface area contributed by atoms with Crippen molar-refractivity contribution < 1.29 is 14.3 Å². The first-order chi connectivity index (χ1) is 14.1. The number of allylic oxidation sites excluding steroid dienone is 1. The van der Waals surface area contributed by atoms with E-state index >= 15 is 0 Å². The molecule has 0 saturated heterocycles. The van der Waals surface area contributed by atoms with Gasteiger partial charge in [-0.2, -0.15) is 4.68 Å². The van der Waals surface area contributed by atoms with Crippen molar-refractivity contribution in [3.63, 3.8) is 0 Å². The molecule has 1 aliphatic rings. The number of esters is 1. The Hall–Kier alpha value is -2.42. The number of ether oxygens (including phenoxy) is 2. The molecule has 0 aliphatic carbocycles. The first-order valence-corrected chi connectivity index (χ1v) is 10.7. The summed E-state index contributed by atoms with van der Waals surface area (Å²) in [4.78, 5) is 13.0. The van der Waals surface area contributed by atoms with Gasteiger partial charge in [-0.25, -0.2) is 4.79 Å². The lowest BCUT2D eigenvalue weighted by Gasteiger charge is -2.28. The summed E-state index contributed by atoms with van der Waals surface area (Å²) >= 11 is 3.53. The zero-order valence-corrected chi connectivity index (χ0v) is 18.5. The van der Waals surface area contributed by atoms with Crippen LogP contribution in [-0.2, 0) is 9.53 Å². The highest BCUT2D eigenvalue weighted by molar-refractivity contribution is 9.10. The molecule has 0 bridgehead atoms. The van der Waals surface area contributed by atoms with Crippen molar-refractivity contribution in [3.05, 3.63) is 39.5 Å². The summed E-state index contributed by atoms with van der Waals surface area (Å²) in [6, 6.07) is 5.21. The topological polar surface area (TPSA) is 91.2 Å². The third-order valence-corrected chi connectivity index (χ3v) is 5.18. The van der Waals surface area contributed by atoms with E-state index in [2.05, 4.69) is 50.6 Å². The zero-order valence-electron chi connectivity index (χ0n) is 16.9. The summed E-state index contributed by atoms with van der Waals surface area (Å²) in [6.07, 6.45) is 3.74. The second-order valence-corrected chi connectivity index (χ2v) is 7.80. The van der Waals surface area contributed by atoms with Gasteiger partial charge >= 0.3 is 5.97 Å². The van der Waals surface area contributed by atoms with Gasteiger partial charge in [-0.3, -0.25) is 0 Å². The maximum absolute atomic E-state index is 13.0. The van der Waals surface area contributed by atoms with Crippen LogP contribution in [-0.4, -0.2) is 39.4 Å². The lowest BCUT2D eigenvalue weighted by atomic mass is 9.95. The highest BCUT2D eigenvalue weighted by atomic mass is 79.9. The number of unbranched alkanes of at least 4 members (excludes halogenated alkanes) is 2. The van der Waals surface area contributed by atoms with Gasteiger partial charge in [0.1, 0.15) is 11.8 Å². The SMILES string of the molecule is CCCCOC(=O)C1=C(C)Nc2nnnn2C1c1cc(Br)ccc1OCCCC. The average molecular weight is 464 g/mol. The molecule has 1 aliphatic heterocycles. The second kappa shape index (κ2) is 9.87.